The number of amides is 1. The fraction of sp³-hybridized carbons (Fsp3) is 0.667. The molecule has 1 atom stereocenters. The van der Waals surface area contributed by atoms with Crippen molar-refractivity contribution in [1.82, 2.24) is 14.7 Å². The molecule has 0 saturated carbocycles. The van der Waals surface area contributed by atoms with Gasteiger partial charge >= 0.3 is 6.09 Å². The Morgan fingerprint density at radius 1 is 1.78 bits per heavy atom. The number of carbonyl (C=O) groups excluding carboxylic acids is 1. The molecule has 2 rings (SSSR count). The lowest BCUT2D eigenvalue weighted by atomic mass is 10.2. The van der Waals surface area contributed by atoms with Gasteiger partial charge in [-0.3, -0.25) is 4.90 Å². The molecule has 1 amide bonds. The summed E-state index contributed by atoms with van der Waals surface area (Å²) < 4.78 is 77.8. The number of carbonyl (C=O) groups is 1. The van der Waals surface area contributed by atoms with E-state index in [0.29, 0.717) is 4.68 Å². The minimum atomic E-state index is -3.37. The molecule has 0 radical (unpaired) electrons. The highest BCUT2D eigenvalue weighted by atomic mass is 79.9. The Labute approximate surface area is 128 Å². The standard InChI is InChI=1S/C12H18BrN3O2/c1-12(2,3)18-11(17)15-7-4-5-10(15)16-8-6-9(13)14-16/h6,8,10H,4-5,7H2,1-3H3/i4D2,5D2,6D,7D2,8D,10D. The van der Waals surface area contributed by atoms with Crippen LogP contribution in [0.3, 0.4) is 0 Å². The fourth-order valence-electron chi connectivity index (χ4n) is 1.17. The number of hydrogen-bond acceptors (Lipinski definition) is 3. The molecular weight excluding hydrogens is 298 g/mol. The predicted octanol–water partition coefficient (Wildman–Crippen LogP) is 3.18. The monoisotopic (exact) mass is 324 g/mol. The van der Waals surface area contributed by atoms with Gasteiger partial charge in [0, 0.05) is 20.9 Å². The number of halogens is 1. The summed E-state index contributed by atoms with van der Waals surface area (Å²) >= 11 is 2.87. The molecule has 0 aliphatic carbocycles. The maximum Gasteiger partial charge on any atom is 0.411 e. The third-order valence-corrected chi connectivity index (χ3v) is 2.14. The molecule has 1 unspecified atom stereocenters. The van der Waals surface area contributed by atoms with E-state index >= 15 is 0 Å². The van der Waals surface area contributed by atoms with Gasteiger partial charge in [-0.1, -0.05) is 0 Å². The molecule has 6 heteroatoms. The predicted molar refractivity (Wildman–Crippen MR) is 71.1 cm³/mol. The first-order valence-corrected chi connectivity index (χ1v) is 5.89. The van der Waals surface area contributed by atoms with Gasteiger partial charge in [-0.25, -0.2) is 9.48 Å². The normalized spacial score (nSPS) is 40.0. The van der Waals surface area contributed by atoms with Crippen molar-refractivity contribution in [1.29, 1.82) is 0 Å². The Bertz CT molecular complexity index is 792. The largest absolute Gasteiger partial charge is 0.444 e. The maximum atomic E-state index is 12.7. The molecule has 1 aliphatic heterocycles. The Morgan fingerprint density at radius 2 is 2.50 bits per heavy atom. The summed E-state index contributed by atoms with van der Waals surface area (Å²) in [4.78, 5) is 12.7. The van der Waals surface area contributed by atoms with Crippen molar-refractivity contribution in [2.24, 2.45) is 0 Å². The quantitative estimate of drug-likeness (QED) is 0.797. The van der Waals surface area contributed by atoms with Gasteiger partial charge in [0.1, 0.15) is 16.3 Å². The van der Waals surface area contributed by atoms with E-state index in [9.17, 15) is 4.79 Å². The van der Waals surface area contributed by atoms with Crippen LogP contribution in [0.2, 0.25) is 0 Å². The maximum absolute atomic E-state index is 12.7. The number of nitrogens with zero attached hydrogens (tertiary/aromatic N) is 3. The smallest absolute Gasteiger partial charge is 0.411 e. The molecule has 2 heterocycles. The number of aromatic nitrogens is 2. The fourth-order valence-corrected chi connectivity index (χ4v) is 1.42. The molecule has 0 aromatic carbocycles. The lowest BCUT2D eigenvalue weighted by Gasteiger charge is -2.28. The first-order chi connectivity index (χ1) is 11.8. The van der Waals surface area contributed by atoms with Crippen LogP contribution in [0.1, 0.15) is 52.0 Å². The average molecular weight is 325 g/mol. The summed E-state index contributed by atoms with van der Waals surface area (Å²) in [5.41, 5.74) is -1.15. The van der Waals surface area contributed by atoms with Crippen LogP contribution < -0.4 is 0 Å². The van der Waals surface area contributed by atoms with Crippen LogP contribution in [0.25, 0.3) is 0 Å². The highest BCUT2D eigenvalue weighted by Crippen LogP contribution is 2.28. The minimum absolute atomic E-state index is 0.0395. The van der Waals surface area contributed by atoms with E-state index in [-0.39, 0.29) is 9.50 Å². The molecule has 0 N–H and O–H groups in total. The van der Waals surface area contributed by atoms with Gasteiger partial charge in [0.15, 0.2) is 0 Å². The molecule has 1 saturated heterocycles. The third kappa shape index (κ3) is 3.04. The molecule has 1 aromatic rings. The van der Waals surface area contributed by atoms with E-state index in [2.05, 4.69) is 21.0 Å². The van der Waals surface area contributed by atoms with Crippen LogP contribution in [0, 0.1) is 0 Å². The number of ether oxygens (including phenoxy) is 1. The van der Waals surface area contributed by atoms with Crippen molar-refractivity contribution in [3.05, 3.63) is 16.8 Å². The number of hydrogen-bond donors (Lipinski definition) is 0. The van der Waals surface area contributed by atoms with Gasteiger partial charge in [0.2, 0.25) is 0 Å². The highest BCUT2D eigenvalue weighted by molar-refractivity contribution is 9.10. The zero-order valence-corrected chi connectivity index (χ0v) is 11.6. The van der Waals surface area contributed by atoms with E-state index in [0.717, 1.165) is 0 Å². The second-order valence-corrected chi connectivity index (χ2v) is 5.19. The van der Waals surface area contributed by atoms with Crippen LogP contribution in [-0.4, -0.2) is 32.9 Å². The summed E-state index contributed by atoms with van der Waals surface area (Å²) in [6.07, 6.45) is -12.2. The molecular formula is C12H18BrN3O2. The summed E-state index contributed by atoms with van der Waals surface area (Å²) in [6.45, 7) is 1.07. The Balaban J connectivity index is 2.84. The molecule has 5 nitrogen and oxygen atoms in total. The number of likely N-dealkylation sites (tertiary alicyclic amines) is 1. The highest BCUT2D eigenvalue weighted by Gasteiger charge is 2.33. The summed E-state index contributed by atoms with van der Waals surface area (Å²) in [5.74, 6) is 0. The second-order valence-electron chi connectivity index (χ2n) is 4.44. The van der Waals surface area contributed by atoms with Gasteiger partial charge in [0.05, 0.1) is 4.11 Å². The van der Waals surface area contributed by atoms with Crippen LogP contribution in [0.5, 0.6) is 0 Å². The van der Waals surface area contributed by atoms with Crippen LogP contribution in [-0.2, 0) is 4.74 Å². The molecule has 100 valence electrons. The van der Waals surface area contributed by atoms with E-state index in [1.54, 1.807) is 0 Å². The molecule has 1 aromatic heterocycles. The first-order valence-electron chi connectivity index (χ1n) is 9.59. The van der Waals surface area contributed by atoms with E-state index in [4.69, 9.17) is 17.1 Å². The third-order valence-electron chi connectivity index (χ3n) is 1.78. The van der Waals surface area contributed by atoms with E-state index in [1.165, 1.54) is 20.8 Å². The van der Waals surface area contributed by atoms with Gasteiger partial charge in [-0.2, -0.15) is 5.10 Å². The molecule has 0 bridgehead atoms. The zero-order valence-electron chi connectivity index (χ0n) is 19.0. The van der Waals surface area contributed by atoms with Crippen LogP contribution >= 0.6 is 15.9 Å². The SMILES string of the molecule is [2H]c1c(Br)nn(C2([2H])N(C(=O)OC(C)(C)C)C([2H])([2H])C([2H])([2H])C2([2H])[2H])c1[2H]. The average Bonchev–Trinajstić information content (AvgIpc) is 2.75. The van der Waals surface area contributed by atoms with Gasteiger partial charge in [-0.05, 0) is 55.5 Å². The van der Waals surface area contributed by atoms with Crippen molar-refractivity contribution >= 4 is 22.0 Å². The van der Waals surface area contributed by atoms with Crippen LogP contribution in [0.4, 0.5) is 4.79 Å². The molecule has 18 heavy (non-hydrogen) atoms. The summed E-state index contributed by atoms with van der Waals surface area (Å²) in [6, 6.07) is -0.533. The topological polar surface area (TPSA) is 47.4 Å². The van der Waals surface area contributed by atoms with Crippen molar-refractivity contribution in [2.75, 3.05) is 6.50 Å². The van der Waals surface area contributed by atoms with Crippen LogP contribution in [0.15, 0.2) is 16.8 Å². The Kier molecular flexibility index (Phi) is 1.62. The molecule has 1 fully saturated rings. The zero-order chi connectivity index (χ0) is 21.4. The van der Waals surface area contributed by atoms with E-state index in [1.807, 2.05) is 0 Å². The van der Waals surface area contributed by atoms with E-state index < -0.39 is 49.3 Å². The minimum Gasteiger partial charge on any atom is -0.444 e. The summed E-state index contributed by atoms with van der Waals surface area (Å²) in [5, 5.41) is 3.67. The summed E-state index contributed by atoms with van der Waals surface area (Å²) in [7, 11) is 0. The van der Waals surface area contributed by atoms with Crippen molar-refractivity contribution in [2.45, 2.75) is 45.3 Å². The second kappa shape index (κ2) is 4.91. The Hall–Kier alpha value is -1.04. The van der Waals surface area contributed by atoms with Crippen molar-refractivity contribution < 1.29 is 21.9 Å². The number of rotatable bonds is 1. The Morgan fingerprint density at radius 3 is 3.06 bits per heavy atom. The first kappa shape index (κ1) is 5.94. The van der Waals surface area contributed by atoms with Crippen molar-refractivity contribution in [3.63, 3.8) is 0 Å². The molecule has 0 spiro atoms. The lowest BCUT2D eigenvalue weighted by Crippen LogP contribution is -2.38. The van der Waals surface area contributed by atoms with Gasteiger partial charge in [0.25, 0.3) is 0 Å². The molecule has 1 aliphatic rings. The lowest BCUT2D eigenvalue weighted by molar-refractivity contribution is 0.0149. The van der Waals surface area contributed by atoms with Gasteiger partial charge < -0.3 is 4.74 Å². The van der Waals surface area contributed by atoms with Crippen molar-refractivity contribution in [3.8, 4) is 0 Å². The van der Waals surface area contributed by atoms with Gasteiger partial charge in [-0.15, -0.1) is 0 Å².